The number of carbonyl (C=O) groups excluding carboxylic acids is 1. The van der Waals surface area contributed by atoms with E-state index in [4.69, 9.17) is 0 Å². The van der Waals surface area contributed by atoms with E-state index < -0.39 is 0 Å². The fraction of sp³-hybridized carbons (Fsp3) is 0.0833. The molecular formula is C24H17N7O2S2. The van der Waals surface area contributed by atoms with Crippen molar-refractivity contribution in [3.63, 3.8) is 0 Å². The first kappa shape index (κ1) is 21.4. The van der Waals surface area contributed by atoms with E-state index >= 15 is 0 Å². The highest BCUT2D eigenvalue weighted by Crippen LogP contribution is 2.38. The number of nitrogens with one attached hydrogen (secondary N) is 1. The van der Waals surface area contributed by atoms with Gasteiger partial charge in [-0.2, -0.15) is 8.73 Å². The number of fused-ring (bicyclic) bond motifs is 4. The van der Waals surface area contributed by atoms with Crippen LogP contribution >= 0.6 is 11.8 Å². The molecule has 0 spiro atoms. The van der Waals surface area contributed by atoms with Crippen LogP contribution in [0.1, 0.15) is 5.56 Å². The molecule has 0 saturated carbocycles. The highest BCUT2D eigenvalue weighted by molar-refractivity contribution is 7.99. The molecule has 0 saturated heterocycles. The molecule has 11 heteroatoms. The third-order valence-electron chi connectivity index (χ3n) is 5.55. The van der Waals surface area contributed by atoms with Gasteiger partial charge in [0.2, 0.25) is 11.7 Å². The largest absolute Gasteiger partial charge is 0.323 e. The number of aromatic nitrogens is 4. The Morgan fingerprint density at radius 3 is 2.66 bits per heavy atom. The maximum Gasteiger partial charge on any atom is 0.263 e. The van der Waals surface area contributed by atoms with Crippen LogP contribution in [0.3, 0.4) is 0 Å². The summed E-state index contributed by atoms with van der Waals surface area (Å²) in [6.45, 7) is 0.364. The smallest absolute Gasteiger partial charge is 0.263 e. The van der Waals surface area contributed by atoms with E-state index in [1.807, 2.05) is 65.1 Å². The molecule has 0 unspecified atom stereocenters. The summed E-state index contributed by atoms with van der Waals surface area (Å²) in [6, 6.07) is 22.6. The average molecular weight is 500 g/mol. The average Bonchev–Trinajstić information content (AvgIpc) is 3.54. The number of anilines is 1. The van der Waals surface area contributed by atoms with Crippen LogP contribution in [0.5, 0.6) is 0 Å². The van der Waals surface area contributed by atoms with Crippen LogP contribution in [0.15, 0.2) is 91.5 Å². The molecule has 172 valence electrons. The number of thioether (sulfide) groups is 1. The third-order valence-corrected chi connectivity index (χ3v) is 7.03. The molecule has 0 aliphatic carbocycles. The number of hydrogen-bond acceptors (Lipinski definition) is 7. The van der Waals surface area contributed by atoms with E-state index in [9.17, 15) is 9.59 Å². The fourth-order valence-corrected chi connectivity index (χ4v) is 5.25. The van der Waals surface area contributed by atoms with Gasteiger partial charge in [0, 0.05) is 0 Å². The number of hydrogen-bond donors (Lipinski definition) is 1. The van der Waals surface area contributed by atoms with Crippen LogP contribution in [-0.4, -0.2) is 30.8 Å². The van der Waals surface area contributed by atoms with Crippen LogP contribution < -0.4 is 10.9 Å². The standard InChI is InChI=1S/C24H17N7O2S2/c32-20(25-17-10-6-11-18-21(17)29-35-28-18)14-34-24-27-26-23-30(13-15-7-2-1-3-8-15)22(33)16-9-4-5-12-19(16)31(23)24/h1-12H,13-14H2,(H,25,32). The second kappa shape index (κ2) is 8.93. The van der Waals surface area contributed by atoms with E-state index in [0.29, 0.717) is 39.8 Å². The van der Waals surface area contributed by atoms with Crippen molar-refractivity contribution in [1.29, 1.82) is 0 Å². The predicted molar refractivity (Wildman–Crippen MR) is 138 cm³/mol. The first-order chi connectivity index (χ1) is 17.2. The van der Waals surface area contributed by atoms with Crippen LogP contribution in [0.4, 0.5) is 17.1 Å². The number of nitrogens with zero attached hydrogens (tertiary/aromatic N) is 6. The van der Waals surface area contributed by atoms with Gasteiger partial charge >= 0.3 is 0 Å². The zero-order valence-electron chi connectivity index (χ0n) is 18.2. The van der Waals surface area contributed by atoms with Gasteiger partial charge < -0.3 is 5.32 Å². The molecule has 35 heavy (non-hydrogen) atoms. The number of carbonyl (C=O) groups is 1. The summed E-state index contributed by atoms with van der Waals surface area (Å²) in [5.74, 6) is 0.342. The number of para-hydroxylation sites is 1. The lowest BCUT2D eigenvalue weighted by Gasteiger charge is -2.11. The lowest BCUT2D eigenvalue weighted by atomic mass is 10.2. The molecule has 6 rings (SSSR count). The Morgan fingerprint density at radius 2 is 1.77 bits per heavy atom. The Balaban J connectivity index is 1.33. The lowest BCUT2D eigenvalue weighted by molar-refractivity contribution is -0.113. The Morgan fingerprint density at radius 1 is 0.943 bits per heavy atom. The van der Waals surface area contributed by atoms with Crippen molar-refractivity contribution >= 4 is 62.8 Å². The summed E-state index contributed by atoms with van der Waals surface area (Å²) in [6.07, 6.45) is 0. The minimum absolute atomic E-state index is 0.112. The lowest BCUT2D eigenvalue weighted by Crippen LogP contribution is -2.24. The van der Waals surface area contributed by atoms with Crippen molar-refractivity contribution in [2.75, 3.05) is 11.1 Å². The summed E-state index contributed by atoms with van der Waals surface area (Å²) >= 11 is 2.36. The van der Waals surface area contributed by atoms with Crippen LogP contribution in [0.2, 0.25) is 0 Å². The first-order valence-corrected chi connectivity index (χ1v) is 12.4. The van der Waals surface area contributed by atoms with E-state index in [0.717, 1.165) is 22.6 Å². The quantitative estimate of drug-likeness (QED) is 0.339. The zero-order chi connectivity index (χ0) is 23.8. The molecule has 1 N–H and O–H groups in total. The van der Waals surface area contributed by atoms with E-state index in [-0.39, 0.29) is 17.2 Å². The molecule has 1 aliphatic heterocycles. The van der Waals surface area contributed by atoms with E-state index in [2.05, 4.69) is 24.2 Å². The van der Waals surface area contributed by atoms with Crippen molar-refractivity contribution in [3.05, 3.63) is 88.7 Å². The molecule has 0 bridgehead atoms. The normalized spacial score (nSPS) is 12.1. The number of benzene rings is 3. The van der Waals surface area contributed by atoms with Crippen molar-refractivity contribution in [2.24, 2.45) is 8.73 Å². The summed E-state index contributed by atoms with van der Waals surface area (Å²) in [7, 11) is 0. The second-order valence-corrected chi connectivity index (χ2v) is 9.26. The number of rotatable bonds is 6. The van der Waals surface area contributed by atoms with Crippen LogP contribution in [0.25, 0.3) is 16.7 Å². The van der Waals surface area contributed by atoms with Crippen molar-refractivity contribution in [2.45, 2.75) is 11.7 Å². The maximum atomic E-state index is 13.3. The molecule has 2 aromatic heterocycles. The monoisotopic (exact) mass is 499 g/mol. The van der Waals surface area contributed by atoms with Gasteiger partial charge in [0.1, 0.15) is 11.4 Å². The first-order valence-electron chi connectivity index (χ1n) is 10.7. The minimum Gasteiger partial charge on any atom is -0.323 e. The van der Waals surface area contributed by atoms with Gasteiger partial charge in [-0.3, -0.25) is 18.6 Å². The van der Waals surface area contributed by atoms with Crippen molar-refractivity contribution in [3.8, 4) is 0 Å². The Bertz CT molecular complexity index is 1740. The topological polar surface area (TPSA) is 106 Å². The van der Waals surface area contributed by atoms with E-state index in [1.54, 1.807) is 16.7 Å². The van der Waals surface area contributed by atoms with Gasteiger partial charge in [0.05, 0.1) is 40.2 Å². The van der Waals surface area contributed by atoms with Gasteiger partial charge in [-0.15, -0.1) is 10.2 Å². The summed E-state index contributed by atoms with van der Waals surface area (Å²) < 4.78 is 11.9. The molecule has 9 nitrogen and oxygen atoms in total. The summed E-state index contributed by atoms with van der Waals surface area (Å²) in [4.78, 5) is 26.1. The van der Waals surface area contributed by atoms with Gasteiger partial charge in [-0.05, 0) is 29.8 Å². The molecule has 1 aliphatic rings. The van der Waals surface area contributed by atoms with Crippen LogP contribution in [0, 0.1) is 0 Å². The Hall–Kier alpha value is -4.09. The van der Waals surface area contributed by atoms with Gasteiger partial charge in [0.15, 0.2) is 5.16 Å². The predicted octanol–water partition coefficient (Wildman–Crippen LogP) is 4.55. The number of amides is 1. The van der Waals surface area contributed by atoms with Crippen LogP contribution in [-0.2, 0) is 22.7 Å². The molecule has 0 atom stereocenters. The van der Waals surface area contributed by atoms with Gasteiger partial charge in [-0.1, -0.05) is 60.3 Å². The molecule has 3 heterocycles. The fourth-order valence-electron chi connectivity index (χ4n) is 3.96. The summed E-state index contributed by atoms with van der Waals surface area (Å²) in [5, 5.41) is 12.6. The van der Waals surface area contributed by atoms with E-state index in [1.165, 1.54) is 11.8 Å². The van der Waals surface area contributed by atoms with Crippen molar-refractivity contribution in [1.82, 2.24) is 19.2 Å². The third kappa shape index (κ3) is 3.94. The van der Waals surface area contributed by atoms with Gasteiger partial charge in [-0.25, -0.2) is 0 Å². The summed E-state index contributed by atoms with van der Waals surface area (Å²) in [5.41, 5.74) is 3.57. The second-order valence-electron chi connectivity index (χ2n) is 7.79. The maximum absolute atomic E-state index is 13.3. The van der Waals surface area contributed by atoms with Gasteiger partial charge in [0.25, 0.3) is 5.56 Å². The molecular weight excluding hydrogens is 482 g/mol. The SMILES string of the molecule is O=C(CSc1nnc2n(Cc3ccccc3)c(=O)c3ccccc3n12)Nc1cccc2c1N=S=N2. The molecule has 0 fully saturated rings. The highest BCUT2D eigenvalue weighted by atomic mass is 32.2. The molecule has 3 aromatic carbocycles. The molecule has 1 amide bonds. The van der Waals surface area contributed by atoms with Crippen molar-refractivity contribution < 1.29 is 4.79 Å². The zero-order valence-corrected chi connectivity index (χ0v) is 19.8. The Kier molecular flexibility index (Phi) is 5.47. The minimum atomic E-state index is -0.200. The molecule has 0 radical (unpaired) electrons. The molecule has 5 aromatic rings. The Labute approximate surface area is 206 Å². The highest BCUT2D eigenvalue weighted by Gasteiger charge is 2.19.